The van der Waals surface area contributed by atoms with Crippen molar-refractivity contribution in [3.05, 3.63) is 47.9 Å². The van der Waals surface area contributed by atoms with Crippen molar-refractivity contribution in [2.75, 3.05) is 36.4 Å². The van der Waals surface area contributed by atoms with E-state index in [1.54, 1.807) is 17.0 Å². The lowest BCUT2D eigenvalue weighted by Crippen LogP contribution is -2.41. The molecule has 2 aliphatic heterocycles. The van der Waals surface area contributed by atoms with Gasteiger partial charge >= 0.3 is 0 Å². The van der Waals surface area contributed by atoms with Crippen LogP contribution in [0.25, 0.3) is 0 Å². The molecule has 2 amide bonds. The van der Waals surface area contributed by atoms with Crippen LogP contribution < -0.4 is 10.2 Å². The molecule has 0 atom stereocenters. The molecule has 0 unspecified atom stereocenters. The summed E-state index contributed by atoms with van der Waals surface area (Å²) < 4.78 is 5.19. The summed E-state index contributed by atoms with van der Waals surface area (Å²) in [4.78, 5) is 29.2. The first kappa shape index (κ1) is 18.6. The van der Waals surface area contributed by atoms with Crippen LogP contribution in [0.1, 0.15) is 41.8 Å². The summed E-state index contributed by atoms with van der Waals surface area (Å²) in [6.07, 6.45) is 5.34. The van der Waals surface area contributed by atoms with E-state index >= 15 is 0 Å². The molecule has 6 heteroatoms. The number of nitrogens with one attached hydrogen (secondary N) is 1. The Balaban J connectivity index is 1.32. The van der Waals surface area contributed by atoms with Crippen LogP contribution in [0.3, 0.4) is 0 Å². The zero-order valence-electron chi connectivity index (χ0n) is 16.3. The minimum absolute atomic E-state index is 0.0402. The summed E-state index contributed by atoms with van der Waals surface area (Å²) >= 11 is 0. The van der Waals surface area contributed by atoms with Gasteiger partial charge < -0.3 is 19.5 Å². The van der Waals surface area contributed by atoms with Crippen molar-refractivity contribution in [1.82, 2.24) is 4.90 Å². The van der Waals surface area contributed by atoms with E-state index in [1.165, 1.54) is 30.4 Å². The van der Waals surface area contributed by atoms with Gasteiger partial charge in [0.25, 0.3) is 5.91 Å². The number of furan rings is 1. The highest BCUT2D eigenvalue weighted by atomic mass is 16.3. The molecule has 0 spiro atoms. The molecular formula is C22H27N3O3. The van der Waals surface area contributed by atoms with E-state index in [2.05, 4.69) is 29.3 Å². The van der Waals surface area contributed by atoms with Gasteiger partial charge in [-0.2, -0.15) is 0 Å². The van der Waals surface area contributed by atoms with Gasteiger partial charge in [-0.15, -0.1) is 0 Å². The van der Waals surface area contributed by atoms with Gasteiger partial charge in [0.2, 0.25) is 5.91 Å². The molecule has 2 aliphatic rings. The van der Waals surface area contributed by atoms with Gasteiger partial charge in [-0.05, 0) is 68.5 Å². The molecule has 0 aliphatic carbocycles. The van der Waals surface area contributed by atoms with E-state index in [0.29, 0.717) is 31.7 Å². The van der Waals surface area contributed by atoms with Crippen molar-refractivity contribution >= 4 is 23.2 Å². The van der Waals surface area contributed by atoms with Gasteiger partial charge in [-0.1, -0.05) is 0 Å². The monoisotopic (exact) mass is 381 g/mol. The molecule has 28 heavy (non-hydrogen) atoms. The third kappa shape index (κ3) is 3.91. The Morgan fingerprint density at radius 3 is 2.46 bits per heavy atom. The highest BCUT2D eigenvalue weighted by molar-refractivity contribution is 5.94. The Bertz CT molecular complexity index is 833. The molecule has 2 aromatic rings. The fourth-order valence-corrected chi connectivity index (χ4v) is 4.19. The Labute approximate surface area is 165 Å². The van der Waals surface area contributed by atoms with Crippen molar-refractivity contribution in [3.63, 3.8) is 0 Å². The number of nitrogens with zero attached hydrogens (tertiary/aromatic N) is 2. The Kier molecular flexibility index (Phi) is 5.37. The molecule has 4 rings (SSSR count). The van der Waals surface area contributed by atoms with E-state index in [9.17, 15) is 9.59 Å². The van der Waals surface area contributed by atoms with Crippen LogP contribution in [0.4, 0.5) is 11.4 Å². The van der Waals surface area contributed by atoms with E-state index in [-0.39, 0.29) is 17.7 Å². The summed E-state index contributed by atoms with van der Waals surface area (Å²) in [6.45, 7) is 5.47. The fraction of sp³-hybridized carbons (Fsp3) is 0.455. The second kappa shape index (κ2) is 8.09. The largest absolute Gasteiger partial charge is 0.459 e. The molecular weight excluding hydrogens is 354 g/mol. The molecule has 6 nitrogen and oxygen atoms in total. The number of carbonyl (C=O) groups excluding carboxylic acids is 2. The number of hydrogen-bond donors (Lipinski definition) is 1. The number of hydrogen-bond acceptors (Lipinski definition) is 4. The average Bonchev–Trinajstić information content (AvgIpc) is 3.42. The minimum atomic E-state index is -0.100. The molecule has 0 bridgehead atoms. The maximum absolute atomic E-state index is 12.7. The van der Waals surface area contributed by atoms with Crippen molar-refractivity contribution in [2.24, 2.45) is 5.92 Å². The van der Waals surface area contributed by atoms with Crippen LogP contribution in [-0.4, -0.2) is 42.9 Å². The molecule has 1 aromatic carbocycles. The molecule has 0 saturated carbocycles. The van der Waals surface area contributed by atoms with Crippen LogP contribution in [0.2, 0.25) is 0 Å². The number of rotatable bonds is 4. The predicted molar refractivity (Wildman–Crippen MR) is 109 cm³/mol. The van der Waals surface area contributed by atoms with Gasteiger partial charge in [0.1, 0.15) is 0 Å². The van der Waals surface area contributed by atoms with Crippen LogP contribution in [0.5, 0.6) is 0 Å². The average molecular weight is 381 g/mol. The third-order valence-corrected chi connectivity index (χ3v) is 5.80. The van der Waals surface area contributed by atoms with Crippen LogP contribution >= 0.6 is 0 Å². The van der Waals surface area contributed by atoms with Crippen molar-refractivity contribution in [1.29, 1.82) is 0 Å². The maximum Gasteiger partial charge on any atom is 0.289 e. The van der Waals surface area contributed by atoms with E-state index in [1.807, 2.05) is 6.07 Å². The van der Waals surface area contributed by atoms with Crippen LogP contribution in [-0.2, 0) is 4.79 Å². The number of carbonyl (C=O) groups is 2. The quantitative estimate of drug-likeness (QED) is 0.877. The normalized spacial score (nSPS) is 17.8. The summed E-state index contributed by atoms with van der Waals surface area (Å²) in [5.41, 5.74) is 3.30. The summed E-state index contributed by atoms with van der Waals surface area (Å²) in [5.74, 6) is 0.228. The van der Waals surface area contributed by atoms with E-state index < -0.39 is 0 Å². The highest BCUT2D eigenvalue weighted by Gasteiger charge is 2.29. The number of aryl methyl sites for hydroxylation is 1. The van der Waals surface area contributed by atoms with Crippen molar-refractivity contribution in [2.45, 2.75) is 32.6 Å². The standard InChI is InChI=1S/C22H27N3O3/c1-16-15-18(6-7-19(16)24-10-2-3-11-24)23-21(26)17-8-12-25(13-9-17)22(27)20-5-4-14-28-20/h4-7,14-15,17H,2-3,8-13H2,1H3,(H,23,26). The lowest BCUT2D eigenvalue weighted by atomic mass is 9.95. The molecule has 0 radical (unpaired) electrons. The van der Waals surface area contributed by atoms with E-state index in [4.69, 9.17) is 4.42 Å². The molecule has 2 saturated heterocycles. The van der Waals surface area contributed by atoms with Gasteiger partial charge in [0.05, 0.1) is 6.26 Å². The molecule has 3 heterocycles. The van der Waals surface area contributed by atoms with Gasteiger partial charge in [-0.25, -0.2) is 0 Å². The summed E-state index contributed by atoms with van der Waals surface area (Å²) in [5, 5.41) is 3.06. The molecule has 148 valence electrons. The Hall–Kier alpha value is -2.76. The van der Waals surface area contributed by atoms with Crippen LogP contribution in [0.15, 0.2) is 41.0 Å². The summed E-state index contributed by atoms with van der Waals surface area (Å²) in [7, 11) is 0. The second-order valence-electron chi connectivity index (χ2n) is 7.73. The topological polar surface area (TPSA) is 65.8 Å². The first-order valence-electron chi connectivity index (χ1n) is 10.1. The van der Waals surface area contributed by atoms with Crippen LogP contribution in [0, 0.1) is 12.8 Å². The predicted octanol–water partition coefficient (Wildman–Crippen LogP) is 3.68. The lowest BCUT2D eigenvalue weighted by Gasteiger charge is -2.30. The minimum Gasteiger partial charge on any atom is -0.459 e. The Morgan fingerprint density at radius 1 is 1.07 bits per heavy atom. The zero-order chi connectivity index (χ0) is 19.5. The third-order valence-electron chi connectivity index (χ3n) is 5.80. The first-order valence-corrected chi connectivity index (χ1v) is 10.1. The second-order valence-corrected chi connectivity index (χ2v) is 7.73. The SMILES string of the molecule is Cc1cc(NC(=O)C2CCN(C(=O)c3ccco3)CC2)ccc1N1CCCC1. The highest BCUT2D eigenvalue weighted by Crippen LogP contribution is 2.27. The fourth-order valence-electron chi connectivity index (χ4n) is 4.19. The number of anilines is 2. The van der Waals surface area contributed by atoms with Gasteiger partial charge in [0.15, 0.2) is 5.76 Å². The summed E-state index contributed by atoms with van der Waals surface area (Å²) in [6, 6.07) is 9.55. The zero-order valence-corrected chi connectivity index (χ0v) is 16.3. The molecule has 1 N–H and O–H groups in total. The van der Waals surface area contributed by atoms with Gasteiger partial charge in [-0.3, -0.25) is 9.59 Å². The van der Waals surface area contributed by atoms with Crippen molar-refractivity contribution < 1.29 is 14.0 Å². The maximum atomic E-state index is 12.7. The number of amides is 2. The lowest BCUT2D eigenvalue weighted by molar-refractivity contribution is -0.121. The number of likely N-dealkylation sites (tertiary alicyclic amines) is 1. The van der Waals surface area contributed by atoms with E-state index in [0.717, 1.165) is 18.8 Å². The number of benzene rings is 1. The molecule has 2 fully saturated rings. The first-order chi connectivity index (χ1) is 13.6. The smallest absolute Gasteiger partial charge is 0.289 e. The van der Waals surface area contributed by atoms with Crippen molar-refractivity contribution in [3.8, 4) is 0 Å². The Morgan fingerprint density at radius 2 is 1.82 bits per heavy atom. The molecule has 1 aromatic heterocycles. The number of piperidine rings is 1. The van der Waals surface area contributed by atoms with Gasteiger partial charge in [0, 0.05) is 43.5 Å².